The lowest BCUT2D eigenvalue weighted by atomic mass is 10.7. The van der Waals surface area contributed by atoms with Crippen molar-refractivity contribution >= 4 is 17.3 Å². The van der Waals surface area contributed by atoms with Gasteiger partial charge in [0.25, 0.3) is 0 Å². The molecule has 40 valence electrons. The first-order chi connectivity index (χ1) is 3.41. The van der Waals surface area contributed by atoms with Crippen LogP contribution in [-0.2, 0) is 0 Å². The van der Waals surface area contributed by atoms with Crippen molar-refractivity contribution in [2.75, 3.05) is 6.26 Å². The van der Waals surface area contributed by atoms with E-state index in [1.165, 1.54) is 0 Å². The summed E-state index contributed by atoms with van der Waals surface area (Å²) in [6.45, 7) is 1.94. The van der Waals surface area contributed by atoms with Gasteiger partial charge in [-0.25, -0.2) is 0 Å². The van der Waals surface area contributed by atoms with Crippen LogP contribution in [0.25, 0.3) is 0 Å². The van der Waals surface area contributed by atoms with Gasteiger partial charge in [-0.1, -0.05) is 6.08 Å². The fraction of sp³-hybridized carbons (Fsp3) is 0.400. The molecule has 1 nitrogen and oxygen atoms in total. The van der Waals surface area contributed by atoms with Gasteiger partial charge in [-0.15, -0.1) is 11.8 Å². The van der Waals surface area contributed by atoms with Crippen LogP contribution in [0, 0.1) is 0 Å². The molecule has 0 radical (unpaired) electrons. The van der Waals surface area contributed by atoms with Gasteiger partial charge in [0, 0.05) is 6.20 Å². The molecule has 0 aromatic rings. The van der Waals surface area contributed by atoms with E-state index in [0.717, 1.165) is 0 Å². The van der Waals surface area contributed by atoms with Gasteiger partial charge in [0.15, 0.2) is 0 Å². The van der Waals surface area contributed by atoms with Crippen LogP contribution in [-0.4, -0.2) is 11.8 Å². The van der Waals surface area contributed by atoms with E-state index in [0.29, 0.717) is 0 Å². The minimum absolute atomic E-state index is 1.60. The van der Waals surface area contributed by atoms with Crippen LogP contribution in [0.2, 0.25) is 0 Å². The Kier molecular flexibility index (Phi) is 5.56. The highest BCUT2D eigenvalue weighted by atomic mass is 32.2. The molecule has 0 aliphatic rings. The Morgan fingerprint density at radius 3 is 2.71 bits per heavy atom. The molecule has 0 spiro atoms. The topological polar surface area (TPSA) is 12.4 Å². The fourth-order valence-electron chi connectivity index (χ4n) is 0.182. The van der Waals surface area contributed by atoms with Crippen molar-refractivity contribution in [1.29, 1.82) is 0 Å². The zero-order valence-electron chi connectivity index (χ0n) is 4.59. The highest BCUT2D eigenvalue weighted by Gasteiger charge is 1.57. The Bertz CT molecular complexity index is 76.1. The summed E-state index contributed by atoms with van der Waals surface area (Å²) in [5, 5.41) is 0. The lowest BCUT2D eigenvalue weighted by Crippen LogP contribution is -1.53. The van der Waals surface area contributed by atoms with E-state index in [-0.39, 0.29) is 0 Å². The third-order valence-corrected chi connectivity index (χ3v) is 0.734. The normalized spacial score (nSPS) is 11.7. The molecule has 0 saturated carbocycles. The zero-order chi connectivity index (χ0) is 5.54. The molecular weight excluding hydrogens is 106 g/mol. The molecule has 0 N–H and O–H groups in total. The van der Waals surface area contributed by atoms with Gasteiger partial charge in [0.2, 0.25) is 0 Å². The predicted octanol–water partition coefficient (Wildman–Crippen LogP) is 1.91. The molecule has 2 heteroatoms. The predicted molar refractivity (Wildman–Crippen MR) is 36.8 cm³/mol. The van der Waals surface area contributed by atoms with Gasteiger partial charge in [-0.2, -0.15) is 0 Å². The first-order valence-electron chi connectivity index (χ1n) is 2.07. The molecule has 0 heterocycles. The van der Waals surface area contributed by atoms with E-state index >= 15 is 0 Å². The number of rotatable bonds is 2. The lowest BCUT2D eigenvalue weighted by molar-refractivity contribution is 1.56. The Morgan fingerprint density at radius 1 is 1.57 bits per heavy atom. The quantitative estimate of drug-likeness (QED) is 0.395. The summed E-state index contributed by atoms with van der Waals surface area (Å²) < 4.78 is 0. The molecule has 0 aliphatic heterocycles. The number of aliphatic imine (C=N–C) groups is 1. The van der Waals surface area contributed by atoms with Crippen molar-refractivity contribution < 1.29 is 0 Å². The van der Waals surface area contributed by atoms with Crippen molar-refractivity contribution in [1.82, 2.24) is 0 Å². The molecule has 0 bridgehead atoms. The van der Waals surface area contributed by atoms with Crippen molar-refractivity contribution in [3.8, 4) is 0 Å². The number of hydrogen-bond donors (Lipinski definition) is 0. The molecular formula is C5H9NS. The maximum Gasteiger partial charge on any atom is 0.0593 e. The minimum Gasteiger partial charge on any atom is -0.258 e. The first kappa shape index (κ1) is 6.76. The average molecular weight is 115 g/mol. The van der Waals surface area contributed by atoms with Crippen LogP contribution in [0.3, 0.4) is 0 Å². The SMILES string of the molecule is C/C=C\N=C/SC. The van der Waals surface area contributed by atoms with Crippen molar-refractivity contribution in [3.63, 3.8) is 0 Å². The number of allylic oxidation sites excluding steroid dienone is 1. The second-order valence-electron chi connectivity index (χ2n) is 0.973. The molecule has 0 rings (SSSR count). The smallest absolute Gasteiger partial charge is 0.0593 e. The van der Waals surface area contributed by atoms with Crippen LogP contribution in [0.5, 0.6) is 0 Å². The van der Waals surface area contributed by atoms with Gasteiger partial charge in [-0.3, -0.25) is 4.99 Å². The van der Waals surface area contributed by atoms with Gasteiger partial charge in [0.05, 0.1) is 5.55 Å². The summed E-state index contributed by atoms with van der Waals surface area (Å²) in [5.41, 5.74) is 1.79. The van der Waals surface area contributed by atoms with Crippen LogP contribution in [0.4, 0.5) is 0 Å². The second-order valence-corrected chi connectivity index (χ2v) is 1.65. The van der Waals surface area contributed by atoms with Gasteiger partial charge in [0.1, 0.15) is 0 Å². The van der Waals surface area contributed by atoms with Crippen LogP contribution < -0.4 is 0 Å². The standard InChI is InChI=1S/C5H9NS/c1-3-4-6-5-7-2/h3-5H,1-2H3/b4-3-,6-5-. The van der Waals surface area contributed by atoms with Gasteiger partial charge in [-0.05, 0) is 13.2 Å². The molecule has 0 aromatic heterocycles. The monoisotopic (exact) mass is 115 g/mol. The highest BCUT2D eigenvalue weighted by molar-refractivity contribution is 8.11. The van der Waals surface area contributed by atoms with E-state index in [2.05, 4.69) is 4.99 Å². The summed E-state index contributed by atoms with van der Waals surface area (Å²) in [7, 11) is 0. The van der Waals surface area contributed by atoms with Crippen LogP contribution in [0.15, 0.2) is 17.3 Å². The Morgan fingerprint density at radius 2 is 2.29 bits per heavy atom. The van der Waals surface area contributed by atoms with Crippen molar-refractivity contribution in [2.45, 2.75) is 6.92 Å². The zero-order valence-corrected chi connectivity index (χ0v) is 5.40. The second kappa shape index (κ2) is 5.76. The van der Waals surface area contributed by atoms with Gasteiger partial charge >= 0.3 is 0 Å². The first-order valence-corrected chi connectivity index (χ1v) is 3.36. The Labute approximate surface area is 48.5 Å². The summed E-state index contributed by atoms with van der Waals surface area (Å²) in [6.07, 6.45) is 5.64. The van der Waals surface area contributed by atoms with Crippen LogP contribution >= 0.6 is 11.8 Å². The number of nitrogens with zero attached hydrogens (tertiary/aromatic N) is 1. The molecule has 0 aliphatic carbocycles. The molecule has 0 saturated heterocycles. The summed E-state index contributed by atoms with van der Waals surface area (Å²) in [6, 6.07) is 0. The lowest BCUT2D eigenvalue weighted by Gasteiger charge is -1.71. The summed E-state index contributed by atoms with van der Waals surface area (Å²) >= 11 is 1.60. The van der Waals surface area contributed by atoms with Gasteiger partial charge < -0.3 is 0 Å². The van der Waals surface area contributed by atoms with E-state index in [1.807, 2.05) is 19.3 Å². The Hall–Kier alpha value is -0.240. The molecule has 0 atom stereocenters. The van der Waals surface area contributed by atoms with E-state index in [1.54, 1.807) is 23.5 Å². The third-order valence-electron chi connectivity index (χ3n) is 0.401. The van der Waals surface area contributed by atoms with E-state index in [4.69, 9.17) is 0 Å². The number of thioether (sulfide) groups is 1. The maximum atomic E-state index is 3.87. The highest BCUT2D eigenvalue weighted by Crippen LogP contribution is 1.82. The average Bonchev–Trinajstić information content (AvgIpc) is 1.69. The molecule has 0 fully saturated rings. The minimum atomic E-state index is 1.60. The van der Waals surface area contributed by atoms with Crippen molar-refractivity contribution in [2.24, 2.45) is 4.99 Å². The third kappa shape index (κ3) is 5.76. The van der Waals surface area contributed by atoms with Crippen LogP contribution in [0.1, 0.15) is 6.92 Å². The Balaban J connectivity index is 3.09. The van der Waals surface area contributed by atoms with E-state index < -0.39 is 0 Å². The fourth-order valence-corrected chi connectivity index (χ4v) is 0.374. The van der Waals surface area contributed by atoms with E-state index in [9.17, 15) is 0 Å². The van der Waals surface area contributed by atoms with Crippen molar-refractivity contribution in [3.05, 3.63) is 12.3 Å². The summed E-state index contributed by atoms with van der Waals surface area (Å²) in [5.74, 6) is 0. The number of hydrogen-bond acceptors (Lipinski definition) is 2. The molecule has 0 amide bonds. The molecule has 7 heavy (non-hydrogen) atoms. The maximum absolute atomic E-state index is 3.87. The summed E-state index contributed by atoms with van der Waals surface area (Å²) in [4.78, 5) is 3.87. The molecule has 0 aromatic carbocycles. The molecule has 0 unspecified atom stereocenters. The largest absolute Gasteiger partial charge is 0.258 e.